The van der Waals surface area contributed by atoms with Gasteiger partial charge in [-0.25, -0.2) is 4.79 Å². The number of aromatic amines is 1. The number of benzene rings is 1. The van der Waals surface area contributed by atoms with E-state index < -0.39 is 17.5 Å². The molecule has 0 aliphatic rings. The Bertz CT molecular complexity index is 1000. The average Bonchev–Trinajstić information content (AvgIpc) is 3.34. The van der Waals surface area contributed by atoms with E-state index in [4.69, 9.17) is 4.74 Å². The first-order chi connectivity index (χ1) is 13.5. The molecule has 2 N–H and O–H groups in total. The molecule has 2 aromatic heterocycles. The van der Waals surface area contributed by atoms with Crippen molar-refractivity contribution in [1.82, 2.24) is 25.2 Å². The van der Waals surface area contributed by atoms with Crippen molar-refractivity contribution in [1.29, 1.82) is 0 Å². The van der Waals surface area contributed by atoms with Gasteiger partial charge in [0.1, 0.15) is 5.69 Å². The maximum Gasteiger partial charge on any atom is 0.354 e. The molecular formula is C19H19N5O4. The average molecular weight is 381 g/mol. The Hall–Kier alpha value is -3.75. The van der Waals surface area contributed by atoms with Crippen molar-refractivity contribution >= 4 is 17.5 Å². The summed E-state index contributed by atoms with van der Waals surface area (Å²) in [6.07, 6.45) is 2.53. The SMILES string of the molecule is CCOC(=O)c1cc(C(=O)C=C(O)c2nn[nH]n2)cn1Cc1ccc(C)cc1. The molecule has 3 aromatic rings. The van der Waals surface area contributed by atoms with Gasteiger partial charge in [-0.1, -0.05) is 29.8 Å². The van der Waals surface area contributed by atoms with Crippen LogP contribution in [-0.2, 0) is 11.3 Å². The number of nitrogens with zero attached hydrogens (tertiary/aromatic N) is 4. The molecule has 0 radical (unpaired) electrons. The van der Waals surface area contributed by atoms with Gasteiger partial charge in [0, 0.05) is 24.4 Å². The Kier molecular flexibility index (Phi) is 5.64. The Labute approximate surface area is 160 Å². The summed E-state index contributed by atoms with van der Waals surface area (Å²) < 4.78 is 6.74. The van der Waals surface area contributed by atoms with Gasteiger partial charge >= 0.3 is 5.97 Å². The van der Waals surface area contributed by atoms with E-state index in [1.54, 1.807) is 17.7 Å². The second-order valence-corrected chi connectivity index (χ2v) is 6.08. The second kappa shape index (κ2) is 8.30. The first kappa shape index (κ1) is 19.0. The van der Waals surface area contributed by atoms with E-state index in [0.717, 1.165) is 17.2 Å². The van der Waals surface area contributed by atoms with Gasteiger partial charge in [-0.3, -0.25) is 4.79 Å². The fourth-order valence-electron chi connectivity index (χ4n) is 2.58. The van der Waals surface area contributed by atoms with Gasteiger partial charge in [-0.2, -0.15) is 5.21 Å². The second-order valence-electron chi connectivity index (χ2n) is 6.08. The summed E-state index contributed by atoms with van der Waals surface area (Å²) in [6, 6.07) is 9.29. The highest BCUT2D eigenvalue weighted by Crippen LogP contribution is 2.16. The lowest BCUT2D eigenvalue weighted by Crippen LogP contribution is -2.12. The number of aliphatic hydroxyl groups is 1. The molecule has 0 saturated carbocycles. The van der Waals surface area contributed by atoms with Crippen molar-refractivity contribution in [2.45, 2.75) is 20.4 Å². The molecule has 1 aromatic carbocycles. The first-order valence-electron chi connectivity index (χ1n) is 8.59. The third-order valence-corrected chi connectivity index (χ3v) is 3.98. The van der Waals surface area contributed by atoms with E-state index in [0.29, 0.717) is 6.54 Å². The highest BCUT2D eigenvalue weighted by Gasteiger charge is 2.19. The molecule has 0 aliphatic carbocycles. The third kappa shape index (κ3) is 4.32. The van der Waals surface area contributed by atoms with Crippen molar-refractivity contribution in [3.8, 4) is 0 Å². The summed E-state index contributed by atoms with van der Waals surface area (Å²) in [5, 5.41) is 22.7. The molecule has 0 amide bonds. The summed E-state index contributed by atoms with van der Waals surface area (Å²) in [4.78, 5) is 24.8. The van der Waals surface area contributed by atoms with Crippen LogP contribution in [0.1, 0.15) is 44.7 Å². The van der Waals surface area contributed by atoms with Crippen LogP contribution in [-0.4, -0.2) is 48.7 Å². The number of tetrazole rings is 1. The molecule has 0 atom stereocenters. The lowest BCUT2D eigenvalue weighted by molar-refractivity contribution is 0.0514. The zero-order chi connectivity index (χ0) is 20.1. The van der Waals surface area contributed by atoms with E-state index in [9.17, 15) is 14.7 Å². The Balaban J connectivity index is 1.91. The van der Waals surface area contributed by atoms with E-state index >= 15 is 0 Å². The molecule has 3 rings (SSSR count). The molecular weight excluding hydrogens is 362 g/mol. The number of hydrogen-bond donors (Lipinski definition) is 2. The van der Waals surface area contributed by atoms with Gasteiger partial charge in [0.15, 0.2) is 11.5 Å². The lowest BCUT2D eigenvalue weighted by Gasteiger charge is -2.08. The lowest BCUT2D eigenvalue weighted by atomic mass is 10.1. The molecule has 9 heteroatoms. The minimum atomic E-state index is -0.528. The van der Waals surface area contributed by atoms with Crippen molar-refractivity contribution in [2.24, 2.45) is 0 Å². The van der Waals surface area contributed by atoms with Gasteiger partial charge in [0.2, 0.25) is 5.82 Å². The highest BCUT2D eigenvalue weighted by atomic mass is 16.5. The van der Waals surface area contributed by atoms with Crippen LogP contribution in [0.5, 0.6) is 0 Å². The number of allylic oxidation sites excluding steroid dienone is 1. The van der Waals surface area contributed by atoms with Crippen molar-refractivity contribution in [3.63, 3.8) is 0 Å². The van der Waals surface area contributed by atoms with Gasteiger partial charge in [0.25, 0.3) is 0 Å². The largest absolute Gasteiger partial charge is 0.504 e. The zero-order valence-electron chi connectivity index (χ0n) is 15.4. The summed E-state index contributed by atoms with van der Waals surface area (Å²) in [5.74, 6) is -1.56. The number of carbonyl (C=O) groups excluding carboxylic acids is 2. The molecule has 0 fully saturated rings. The van der Waals surface area contributed by atoms with Gasteiger partial charge in [0.05, 0.1) is 6.61 Å². The molecule has 2 heterocycles. The third-order valence-electron chi connectivity index (χ3n) is 3.98. The van der Waals surface area contributed by atoms with Crippen molar-refractivity contribution in [2.75, 3.05) is 6.61 Å². The van der Waals surface area contributed by atoms with Crippen LogP contribution in [0.4, 0.5) is 0 Å². The van der Waals surface area contributed by atoms with Crippen LogP contribution in [0.25, 0.3) is 5.76 Å². The molecule has 0 spiro atoms. The number of nitrogens with one attached hydrogen (secondary N) is 1. The summed E-state index contributed by atoms with van der Waals surface area (Å²) in [7, 11) is 0. The summed E-state index contributed by atoms with van der Waals surface area (Å²) >= 11 is 0. The van der Waals surface area contributed by atoms with Crippen LogP contribution >= 0.6 is 0 Å². The van der Waals surface area contributed by atoms with Gasteiger partial charge in [-0.05, 0) is 30.7 Å². The van der Waals surface area contributed by atoms with E-state index in [1.165, 1.54) is 6.07 Å². The van der Waals surface area contributed by atoms with Crippen LogP contribution in [0.2, 0.25) is 0 Å². The van der Waals surface area contributed by atoms with Crippen LogP contribution in [0, 0.1) is 6.92 Å². The van der Waals surface area contributed by atoms with Crippen LogP contribution in [0.3, 0.4) is 0 Å². The maximum absolute atomic E-state index is 12.5. The van der Waals surface area contributed by atoms with Crippen LogP contribution in [0.15, 0.2) is 42.6 Å². The molecule has 144 valence electrons. The number of carbonyl (C=O) groups is 2. The standard InChI is InChI=1S/C19H19N5O4/c1-3-28-19(27)15-8-14(16(25)9-17(26)18-20-22-23-21-18)11-24(15)10-13-6-4-12(2)5-7-13/h4-9,11,26H,3,10H2,1-2H3,(H,20,21,22,23). The zero-order valence-corrected chi connectivity index (χ0v) is 15.4. The fourth-order valence-corrected chi connectivity index (χ4v) is 2.58. The number of aryl methyl sites for hydroxylation is 1. The molecule has 0 bridgehead atoms. The fraction of sp³-hybridized carbons (Fsp3) is 0.211. The predicted molar refractivity (Wildman–Crippen MR) is 99.8 cm³/mol. The summed E-state index contributed by atoms with van der Waals surface area (Å²) in [6.45, 7) is 4.31. The predicted octanol–water partition coefficient (Wildman–Crippen LogP) is 2.32. The number of ketones is 1. The highest BCUT2D eigenvalue weighted by molar-refractivity contribution is 6.08. The Morgan fingerprint density at radius 2 is 2.04 bits per heavy atom. The first-order valence-corrected chi connectivity index (χ1v) is 8.59. The van der Waals surface area contributed by atoms with E-state index in [2.05, 4.69) is 20.6 Å². The number of aliphatic hydroxyl groups excluding tert-OH is 1. The molecule has 9 nitrogen and oxygen atoms in total. The monoisotopic (exact) mass is 381 g/mol. The quantitative estimate of drug-likeness (QED) is 0.279. The molecule has 0 unspecified atom stereocenters. The summed E-state index contributed by atoms with van der Waals surface area (Å²) in [5.41, 5.74) is 2.57. The molecule has 0 aliphatic heterocycles. The maximum atomic E-state index is 12.5. The Morgan fingerprint density at radius 1 is 1.29 bits per heavy atom. The molecule has 0 saturated heterocycles. The van der Waals surface area contributed by atoms with Crippen molar-refractivity contribution < 1.29 is 19.4 Å². The van der Waals surface area contributed by atoms with Gasteiger partial charge < -0.3 is 14.4 Å². The number of hydrogen-bond acceptors (Lipinski definition) is 7. The minimum Gasteiger partial charge on any atom is -0.504 e. The number of ether oxygens (including phenoxy) is 1. The van der Waals surface area contributed by atoms with E-state index in [-0.39, 0.29) is 23.7 Å². The number of aromatic nitrogens is 5. The Morgan fingerprint density at radius 3 is 2.68 bits per heavy atom. The van der Waals surface area contributed by atoms with E-state index in [1.807, 2.05) is 31.2 Å². The smallest absolute Gasteiger partial charge is 0.354 e. The topological polar surface area (TPSA) is 123 Å². The van der Waals surface area contributed by atoms with Gasteiger partial charge in [-0.15, -0.1) is 10.2 Å². The van der Waals surface area contributed by atoms with Crippen LogP contribution < -0.4 is 0 Å². The minimum absolute atomic E-state index is 0.0990. The number of H-pyrrole nitrogens is 1. The number of rotatable bonds is 7. The normalized spacial score (nSPS) is 11.4. The molecule has 28 heavy (non-hydrogen) atoms. The number of esters is 1. The van der Waals surface area contributed by atoms with Crippen molar-refractivity contribution in [3.05, 3.63) is 70.8 Å².